The van der Waals surface area contributed by atoms with Gasteiger partial charge in [-0.05, 0) is 44.9 Å². The molecule has 2 aromatic rings. The van der Waals surface area contributed by atoms with Crippen molar-refractivity contribution in [2.45, 2.75) is 39.2 Å². The smallest absolute Gasteiger partial charge is 0.134 e. The van der Waals surface area contributed by atoms with Crippen molar-refractivity contribution < 1.29 is 9.90 Å². The minimum Gasteiger partial charge on any atom is -0.391 e. The summed E-state index contributed by atoms with van der Waals surface area (Å²) in [6.45, 7) is 6.22. The third kappa shape index (κ3) is 3.40. The molecule has 4 nitrogen and oxygen atoms in total. The number of β-amino-alcohol motifs (C(OH)–C–C–N with tert-alkyl or cyclic N) is 1. The number of ketones is 1. The predicted molar refractivity (Wildman–Crippen MR) is 97.2 cm³/mol. The van der Waals surface area contributed by atoms with Gasteiger partial charge < -0.3 is 14.6 Å². The fourth-order valence-corrected chi connectivity index (χ4v) is 4.01. The molecule has 0 aliphatic carbocycles. The lowest BCUT2D eigenvalue weighted by Gasteiger charge is -2.32. The molecular weight excluding hydrogens is 300 g/mol. The van der Waals surface area contributed by atoms with Crippen LogP contribution >= 0.6 is 0 Å². The van der Waals surface area contributed by atoms with Crippen molar-refractivity contribution in [1.82, 2.24) is 9.47 Å². The molecule has 4 heteroatoms. The van der Waals surface area contributed by atoms with Gasteiger partial charge in [0.05, 0.1) is 6.10 Å². The number of hydrogen-bond acceptors (Lipinski definition) is 3. The van der Waals surface area contributed by atoms with Gasteiger partial charge in [-0.2, -0.15) is 0 Å². The summed E-state index contributed by atoms with van der Waals surface area (Å²) < 4.78 is 2.20. The number of hydrogen-bond donors (Lipinski definition) is 1. The van der Waals surface area contributed by atoms with Crippen LogP contribution < -0.4 is 0 Å². The summed E-state index contributed by atoms with van der Waals surface area (Å²) in [5.74, 6) is 0.421. The molecule has 1 N–H and O–H groups in total. The van der Waals surface area contributed by atoms with Crippen molar-refractivity contribution in [2.24, 2.45) is 13.0 Å². The molecule has 1 aliphatic rings. The maximum absolute atomic E-state index is 11.6. The molecule has 0 spiro atoms. The van der Waals surface area contributed by atoms with Crippen LogP contribution in [-0.2, 0) is 18.3 Å². The van der Waals surface area contributed by atoms with Crippen molar-refractivity contribution in [3.05, 3.63) is 35.5 Å². The van der Waals surface area contributed by atoms with Gasteiger partial charge in [-0.3, -0.25) is 4.79 Å². The van der Waals surface area contributed by atoms with Crippen LogP contribution in [0.1, 0.15) is 31.0 Å². The van der Waals surface area contributed by atoms with Crippen molar-refractivity contribution in [3.63, 3.8) is 0 Å². The van der Waals surface area contributed by atoms with E-state index in [0.29, 0.717) is 13.0 Å². The maximum Gasteiger partial charge on any atom is 0.134 e. The van der Waals surface area contributed by atoms with E-state index < -0.39 is 6.10 Å². The summed E-state index contributed by atoms with van der Waals surface area (Å²) in [5, 5.41) is 11.9. The lowest BCUT2D eigenvalue weighted by molar-refractivity contribution is -0.122. The second-order valence-corrected chi connectivity index (χ2v) is 7.21. The van der Waals surface area contributed by atoms with E-state index >= 15 is 0 Å². The number of carbonyl (C=O) groups is 1. The molecule has 130 valence electrons. The number of carbonyl (C=O) groups excluding carboxylic acids is 1. The molecule has 1 saturated heterocycles. The zero-order chi connectivity index (χ0) is 17.3. The topological polar surface area (TPSA) is 45.5 Å². The van der Waals surface area contributed by atoms with Gasteiger partial charge in [0.25, 0.3) is 0 Å². The average Bonchev–Trinajstić information content (AvgIpc) is 2.80. The standard InChI is InChI=1S/C20H28N2O2/c1-14-19(18-8-4-5-9-20(18)21(14)3)11-17(24)13-22-10-6-7-16(12-22)15(2)23/h4-5,8-9,16-17,24H,6-7,10-13H2,1-3H3. The van der Waals surface area contributed by atoms with Crippen LogP contribution in [0.5, 0.6) is 0 Å². The summed E-state index contributed by atoms with van der Waals surface area (Å²) >= 11 is 0. The molecule has 1 aromatic carbocycles. The number of para-hydroxylation sites is 1. The molecule has 1 aliphatic heterocycles. The Morgan fingerprint density at radius 1 is 1.38 bits per heavy atom. The quantitative estimate of drug-likeness (QED) is 0.918. The number of rotatable bonds is 5. The number of aromatic nitrogens is 1. The van der Waals surface area contributed by atoms with Crippen LogP contribution in [0.15, 0.2) is 24.3 Å². The number of nitrogens with zero attached hydrogens (tertiary/aromatic N) is 2. The molecule has 2 unspecified atom stereocenters. The van der Waals surface area contributed by atoms with Crippen molar-refractivity contribution in [1.29, 1.82) is 0 Å². The first-order valence-electron chi connectivity index (χ1n) is 8.91. The van der Waals surface area contributed by atoms with Crippen molar-refractivity contribution in [2.75, 3.05) is 19.6 Å². The van der Waals surface area contributed by atoms with Crippen LogP contribution in [-0.4, -0.2) is 46.1 Å². The lowest BCUT2D eigenvalue weighted by Crippen LogP contribution is -2.42. The Kier molecular flexibility index (Phi) is 5.07. The van der Waals surface area contributed by atoms with Gasteiger partial charge in [-0.15, -0.1) is 0 Å². The van der Waals surface area contributed by atoms with E-state index in [-0.39, 0.29) is 11.7 Å². The van der Waals surface area contributed by atoms with Gasteiger partial charge in [0.1, 0.15) is 5.78 Å². The largest absolute Gasteiger partial charge is 0.391 e. The molecule has 1 fully saturated rings. The molecule has 3 rings (SSSR count). The van der Waals surface area contributed by atoms with Crippen molar-refractivity contribution >= 4 is 16.7 Å². The lowest BCUT2D eigenvalue weighted by atomic mass is 9.94. The third-order valence-electron chi connectivity index (χ3n) is 5.52. The Morgan fingerprint density at radius 3 is 2.88 bits per heavy atom. The fourth-order valence-electron chi connectivity index (χ4n) is 4.01. The Bertz CT molecular complexity index is 735. The predicted octanol–water partition coefficient (Wildman–Crippen LogP) is 2.69. The van der Waals surface area contributed by atoms with Crippen LogP contribution in [0.3, 0.4) is 0 Å². The van der Waals surface area contributed by atoms with Crippen LogP contribution in [0, 0.1) is 12.8 Å². The second-order valence-electron chi connectivity index (χ2n) is 7.21. The molecule has 2 heterocycles. The first-order chi connectivity index (χ1) is 11.5. The molecule has 0 bridgehead atoms. The first-order valence-corrected chi connectivity index (χ1v) is 8.91. The van der Waals surface area contributed by atoms with Crippen LogP contribution in [0.25, 0.3) is 10.9 Å². The number of Topliss-reactive ketones (excluding diaryl/α,β-unsaturated/α-hetero) is 1. The second kappa shape index (κ2) is 7.08. The molecule has 1 aromatic heterocycles. The Balaban J connectivity index is 1.70. The SMILES string of the molecule is CC(=O)C1CCCN(CC(O)Cc2c(C)n(C)c3ccccc23)C1. The van der Waals surface area contributed by atoms with E-state index in [9.17, 15) is 9.90 Å². The summed E-state index contributed by atoms with van der Waals surface area (Å²) in [7, 11) is 2.08. The van der Waals surface area contributed by atoms with Crippen LogP contribution in [0.2, 0.25) is 0 Å². The number of piperidine rings is 1. The van der Waals surface area contributed by atoms with Gasteiger partial charge >= 0.3 is 0 Å². The fraction of sp³-hybridized carbons (Fsp3) is 0.550. The highest BCUT2D eigenvalue weighted by Gasteiger charge is 2.25. The highest BCUT2D eigenvalue weighted by molar-refractivity contribution is 5.85. The minimum absolute atomic E-state index is 0.144. The summed E-state index contributed by atoms with van der Waals surface area (Å²) in [6, 6.07) is 8.37. The average molecular weight is 328 g/mol. The van der Waals surface area contributed by atoms with E-state index in [4.69, 9.17) is 0 Å². The van der Waals surface area contributed by atoms with Crippen molar-refractivity contribution in [3.8, 4) is 0 Å². The van der Waals surface area contributed by atoms with E-state index in [1.807, 2.05) is 0 Å². The van der Waals surface area contributed by atoms with E-state index in [0.717, 1.165) is 25.9 Å². The summed E-state index contributed by atoms with van der Waals surface area (Å²) in [6.07, 6.45) is 2.29. The monoisotopic (exact) mass is 328 g/mol. The van der Waals surface area contributed by atoms with Gasteiger partial charge in [0, 0.05) is 49.1 Å². The molecular formula is C20H28N2O2. The zero-order valence-corrected chi connectivity index (χ0v) is 15.0. The van der Waals surface area contributed by atoms with Gasteiger partial charge in [0.15, 0.2) is 0 Å². The molecule has 0 saturated carbocycles. The summed E-state index contributed by atoms with van der Waals surface area (Å²) in [4.78, 5) is 13.9. The summed E-state index contributed by atoms with van der Waals surface area (Å²) in [5.41, 5.74) is 3.67. The van der Waals surface area contributed by atoms with Crippen LogP contribution in [0.4, 0.5) is 0 Å². The Morgan fingerprint density at radius 2 is 2.12 bits per heavy atom. The first kappa shape index (κ1) is 17.2. The normalized spacial score (nSPS) is 20.4. The maximum atomic E-state index is 11.6. The highest BCUT2D eigenvalue weighted by atomic mass is 16.3. The Labute approximate surface area is 144 Å². The van der Waals surface area contributed by atoms with E-state index in [2.05, 4.69) is 47.7 Å². The number of aliphatic hydroxyl groups is 1. The number of likely N-dealkylation sites (tertiary alicyclic amines) is 1. The zero-order valence-electron chi connectivity index (χ0n) is 15.0. The minimum atomic E-state index is -0.403. The molecule has 0 amide bonds. The molecule has 2 atom stereocenters. The number of aryl methyl sites for hydroxylation is 1. The number of fused-ring (bicyclic) bond motifs is 1. The van der Waals surface area contributed by atoms with Gasteiger partial charge in [0.2, 0.25) is 0 Å². The molecule has 0 radical (unpaired) electrons. The highest BCUT2D eigenvalue weighted by Crippen LogP contribution is 2.26. The van der Waals surface area contributed by atoms with E-state index in [1.54, 1.807) is 6.92 Å². The van der Waals surface area contributed by atoms with Gasteiger partial charge in [-0.1, -0.05) is 18.2 Å². The van der Waals surface area contributed by atoms with E-state index in [1.165, 1.54) is 22.2 Å². The number of aliphatic hydroxyl groups excluding tert-OH is 1. The molecule has 24 heavy (non-hydrogen) atoms. The third-order valence-corrected chi connectivity index (χ3v) is 5.52. The van der Waals surface area contributed by atoms with Gasteiger partial charge in [-0.25, -0.2) is 0 Å². The Hall–Kier alpha value is -1.65. The number of benzene rings is 1.